The molecule has 2 aliphatic heterocycles. The van der Waals surface area contributed by atoms with Crippen LogP contribution in [0.15, 0.2) is 18.2 Å². The normalized spacial score (nSPS) is 21.9. The second-order valence-corrected chi connectivity index (χ2v) is 12.1. The van der Waals surface area contributed by atoms with Crippen molar-refractivity contribution < 1.29 is 22.8 Å². The van der Waals surface area contributed by atoms with E-state index in [1.165, 1.54) is 6.07 Å². The number of hydrogen-bond donors (Lipinski definition) is 0. The van der Waals surface area contributed by atoms with Gasteiger partial charge in [-0.1, -0.05) is 26.7 Å². The van der Waals surface area contributed by atoms with E-state index in [2.05, 4.69) is 18.7 Å². The fourth-order valence-corrected chi connectivity index (χ4v) is 6.04. The van der Waals surface area contributed by atoms with Crippen LogP contribution in [0, 0.1) is 17.2 Å². The van der Waals surface area contributed by atoms with Crippen molar-refractivity contribution >= 4 is 34.8 Å². The van der Waals surface area contributed by atoms with Crippen molar-refractivity contribution in [3.8, 4) is 6.07 Å². The topological polar surface area (TPSA) is 70.9 Å². The van der Waals surface area contributed by atoms with Crippen LogP contribution < -0.4 is 4.90 Å². The molecular formula is C29H40F3N5O2S. The molecular weight excluding hydrogens is 539 g/mol. The number of nitrogens with zero attached hydrogens (tertiary/aromatic N) is 5. The minimum Gasteiger partial charge on any atom is -0.337 e. The molecule has 0 aromatic heterocycles. The Morgan fingerprint density at radius 3 is 2.30 bits per heavy atom. The van der Waals surface area contributed by atoms with Crippen molar-refractivity contribution in [3.05, 3.63) is 29.3 Å². The van der Waals surface area contributed by atoms with Gasteiger partial charge in [-0.05, 0) is 77.5 Å². The number of anilines is 1. The first-order chi connectivity index (χ1) is 18.6. The Hall–Kier alpha value is -2.71. The Kier molecular flexibility index (Phi) is 9.89. The second-order valence-electron chi connectivity index (χ2n) is 11.7. The standard InChI is InChI=1S/C29H40F3N5O2S/c1-19(2)25(38)35-18-20(3)34(17-21(35)4)13-9-7-8-10-14-36-27(40)37(26(39)28(36,5)6)23-12-11-22(16-33)24(15-23)29(30,31)32/h11-12,15,19-21H,7-10,13-14,17-18H2,1-6H3. The van der Waals surface area contributed by atoms with E-state index >= 15 is 0 Å². The van der Waals surface area contributed by atoms with Crippen molar-refractivity contribution in [2.75, 3.05) is 31.1 Å². The number of piperazine rings is 1. The molecule has 2 amide bonds. The second kappa shape index (κ2) is 12.4. The van der Waals surface area contributed by atoms with Crippen LogP contribution in [0.2, 0.25) is 0 Å². The number of carbonyl (C=O) groups is 2. The minimum absolute atomic E-state index is 0.00138. The van der Waals surface area contributed by atoms with E-state index in [0.29, 0.717) is 12.6 Å². The monoisotopic (exact) mass is 579 g/mol. The van der Waals surface area contributed by atoms with Gasteiger partial charge in [-0.25, -0.2) is 0 Å². The first-order valence-corrected chi connectivity index (χ1v) is 14.3. The molecule has 0 spiro atoms. The van der Waals surface area contributed by atoms with Crippen LogP contribution in [0.4, 0.5) is 18.9 Å². The highest BCUT2D eigenvalue weighted by Crippen LogP contribution is 2.38. The molecule has 7 nitrogen and oxygen atoms in total. The lowest BCUT2D eigenvalue weighted by molar-refractivity contribution is -0.140. The summed E-state index contributed by atoms with van der Waals surface area (Å²) in [6, 6.07) is 5.29. The summed E-state index contributed by atoms with van der Waals surface area (Å²) in [5.74, 6) is -0.189. The molecule has 0 N–H and O–H groups in total. The van der Waals surface area contributed by atoms with Crippen molar-refractivity contribution in [3.63, 3.8) is 0 Å². The fourth-order valence-electron chi connectivity index (χ4n) is 5.53. The summed E-state index contributed by atoms with van der Waals surface area (Å²) in [5.41, 5.74) is -2.58. The number of benzene rings is 1. The predicted molar refractivity (Wildman–Crippen MR) is 153 cm³/mol. The molecule has 2 unspecified atom stereocenters. The van der Waals surface area contributed by atoms with Crippen LogP contribution >= 0.6 is 12.2 Å². The zero-order chi connectivity index (χ0) is 30.0. The van der Waals surface area contributed by atoms with Crippen molar-refractivity contribution in [1.29, 1.82) is 5.26 Å². The maximum Gasteiger partial charge on any atom is 0.417 e. The molecule has 0 radical (unpaired) electrons. The molecule has 0 saturated carbocycles. The molecule has 2 fully saturated rings. The highest BCUT2D eigenvalue weighted by molar-refractivity contribution is 7.80. The first kappa shape index (κ1) is 31.8. The van der Waals surface area contributed by atoms with E-state index in [4.69, 9.17) is 17.5 Å². The smallest absolute Gasteiger partial charge is 0.337 e. The van der Waals surface area contributed by atoms with Crippen molar-refractivity contribution in [2.45, 2.75) is 91.0 Å². The molecule has 40 heavy (non-hydrogen) atoms. The number of unbranched alkanes of at least 4 members (excludes halogenated alkanes) is 3. The van der Waals surface area contributed by atoms with Gasteiger partial charge in [-0.3, -0.25) is 19.4 Å². The zero-order valence-corrected chi connectivity index (χ0v) is 25.0. The molecule has 11 heteroatoms. The molecule has 0 aliphatic carbocycles. The number of carbonyl (C=O) groups excluding carboxylic acids is 2. The maximum absolute atomic E-state index is 13.5. The quantitative estimate of drug-likeness (QED) is 0.287. The van der Waals surface area contributed by atoms with Gasteiger partial charge in [0.25, 0.3) is 5.91 Å². The van der Waals surface area contributed by atoms with Gasteiger partial charge in [0, 0.05) is 37.6 Å². The molecule has 0 bridgehead atoms. The Morgan fingerprint density at radius 1 is 1.10 bits per heavy atom. The van der Waals surface area contributed by atoms with Gasteiger partial charge in [0.15, 0.2) is 5.11 Å². The van der Waals surface area contributed by atoms with Crippen LogP contribution in [0.3, 0.4) is 0 Å². The van der Waals surface area contributed by atoms with Crippen LogP contribution in [0.5, 0.6) is 0 Å². The average molecular weight is 580 g/mol. The molecule has 1 aromatic rings. The number of nitriles is 1. The van der Waals surface area contributed by atoms with E-state index in [1.807, 2.05) is 18.7 Å². The highest BCUT2D eigenvalue weighted by Gasteiger charge is 2.49. The minimum atomic E-state index is -4.73. The summed E-state index contributed by atoms with van der Waals surface area (Å²) >= 11 is 5.57. The number of amides is 2. The SMILES string of the molecule is CC(C)C(=O)N1CC(C)N(CCCCCCN2C(=S)N(c3ccc(C#N)c(C(F)(F)F)c3)C(=O)C2(C)C)CC1C. The lowest BCUT2D eigenvalue weighted by Gasteiger charge is -2.44. The van der Waals surface area contributed by atoms with Gasteiger partial charge in [-0.2, -0.15) is 18.4 Å². The molecule has 220 valence electrons. The van der Waals surface area contributed by atoms with Crippen LogP contribution in [-0.4, -0.2) is 75.4 Å². The van der Waals surface area contributed by atoms with Crippen LogP contribution in [0.1, 0.15) is 78.4 Å². The van der Waals surface area contributed by atoms with Gasteiger partial charge >= 0.3 is 6.18 Å². The number of rotatable bonds is 9. The molecule has 2 heterocycles. The molecule has 2 aliphatic rings. The number of halogens is 3. The van der Waals surface area contributed by atoms with Crippen LogP contribution in [-0.2, 0) is 15.8 Å². The van der Waals surface area contributed by atoms with Gasteiger partial charge in [-0.15, -0.1) is 0 Å². The highest BCUT2D eigenvalue weighted by atomic mass is 32.1. The average Bonchev–Trinajstić information content (AvgIpc) is 3.04. The van der Waals surface area contributed by atoms with Gasteiger partial charge in [0.1, 0.15) is 5.54 Å². The Balaban J connectivity index is 1.54. The van der Waals surface area contributed by atoms with Gasteiger partial charge in [0.05, 0.1) is 22.9 Å². The lowest BCUT2D eigenvalue weighted by atomic mass is 10.0. The Bertz CT molecular complexity index is 1160. The molecule has 1 aromatic carbocycles. The first-order valence-electron chi connectivity index (χ1n) is 13.9. The van der Waals surface area contributed by atoms with E-state index in [9.17, 15) is 22.8 Å². The number of hydrogen-bond acceptors (Lipinski definition) is 5. The largest absolute Gasteiger partial charge is 0.417 e. The third-order valence-corrected chi connectivity index (χ3v) is 8.38. The van der Waals surface area contributed by atoms with E-state index in [0.717, 1.165) is 62.4 Å². The molecule has 2 atom stereocenters. The zero-order valence-electron chi connectivity index (χ0n) is 24.2. The lowest BCUT2D eigenvalue weighted by Crippen LogP contribution is -2.58. The van der Waals surface area contributed by atoms with Crippen molar-refractivity contribution in [2.24, 2.45) is 5.92 Å². The van der Waals surface area contributed by atoms with Gasteiger partial charge in [0.2, 0.25) is 5.91 Å². The third-order valence-electron chi connectivity index (χ3n) is 7.98. The van der Waals surface area contributed by atoms with Gasteiger partial charge < -0.3 is 9.80 Å². The summed E-state index contributed by atoms with van der Waals surface area (Å²) < 4.78 is 40.5. The maximum atomic E-state index is 13.5. The third kappa shape index (κ3) is 6.60. The van der Waals surface area contributed by atoms with E-state index < -0.39 is 28.7 Å². The summed E-state index contributed by atoms with van der Waals surface area (Å²) in [6.45, 7) is 14.7. The Morgan fingerprint density at radius 2 is 1.73 bits per heavy atom. The fraction of sp³-hybridized carbons (Fsp3) is 0.655. The summed E-state index contributed by atoms with van der Waals surface area (Å²) in [4.78, 5) is 33.1. The summed E-state index contributed by atoms with van der Waals surface area (Å²) in [5, 5.41) is 9.26. The summed E-state index contributed by atoms with van der Waals surface area (Å²) in [7, 11) is 0. The summed E-state index contributed by atoms with van der Waals surface area (Å²) in [6.07, 6.45) is -1.01. The van der Waals surface area contributed by atoms with Crippen LogP contribution in [0.25, 0.3) is 0 Å². The number of thiocarbonyl (C=S) groups is 1. The van der Waals surface area contributed by atoms with E-state index in [-0.39, 0.29) is 28.7 Å². The van der Waals surface area contributed by atoms with Crippen molar-refractivity contribution in [1.82, 2.24) is 14.7 Å². The number of alkyl halides is 3. The molecule has 3 rings (SSSR count). The predicted octanol–water partition coefficient (Wildman–Crippen LogP) is 5.43. The molecule has 2 saturated heterocycles. The van der Waals surface area contributed by atoms with E-state index in [1.54, 1.807) is 24.8 Å². The Labute approximate surface area is 240 Å².